The minimum absolute atomic E-state index is 0.0753. The Morgan fingerprint density at radius 2 is 1.81 bits per heavy atom. The van der Waals surface area contributed by atoms with Crippen LogP contribution in [-0.2, 0) is 9.47 Å². The van der Waals surface area contributed by atoms with Gasteiger partial charge in [-0.1, -0.05) is 38.7 Å². The molecular weight excluding hydrogens is 336 g/mol. The fourth-order valence-electron chi connectivity index (χ4n) is 3.71. The van der Waals surface area contributed by atoms with E-state index in [9.17, 15) is 8.78 Å². The van der Waals surface area contributed by atoms with Crippen molar-refractivity contribution in [2.75, 3.05) is 13.7 Å². The predicted octanol–water partition coefficient (Wildman–Crippen LogP) is 5.82. The van der Waals surface area contributed by atoms with Gasteiger partial charge >= 0.3 is 0 Å². The molecule has 0 aliphatic heterocycles. The van der Waals surface area contributed by atoms with Gasteiger partial charge in [0.15, 0.2) is 17.4 Å². The lowest BCUT2D eigenvalue weighted by Crippen LogP contribution is -2.39. The van der Waals surface area contributed by atoms with E-state index in [-0.39, 0.29) is 11.5 Å². The predicted molar refractivity (Wildman–Crippen MR) is 96.7 cm³/mol. The third kappa shape index (κ3) is 5.02. The molecule has 0 atom stereocenters. The number of benzene rings is 1. The number of rotatable bonds is 9. The first-order valence-corrected chi connectivity index (χ1v) is 9.64. The van der Waals surface area contributed by atoms with Crippen LogP contribution in [0.2, 0.25) is 0 Å². The van der Waals surface area contributed by atoms with E-state index in [4.69, 9.17) is 14.7 Å². The normalized spacial score (nSPS) is 23.0. The summed E-state index contributed by atoms with van der Waals surface area (Å²) in [5.41, 5.74) is 0.102. The Morgan fingerprint density at radius 1 is 1.12 bits per heavy atom. The first-order valence-electron chi connectivity index (χ1n) is 9.64. The molecule has 0 N–H and O–H groups in total. The molecule has 1 aliphatic carbocycles. The van der Waals surface area contributed by atoms with Gasteiger partial charge in [0.1, 0.15) is 6.07 Å². The third-order valence-corrected chi connectivity index (χ3v) is 5.40. The molecule has 0 radical (unpaired) electrons. The Labute approximate surface area is 155 Å². The maximum atomic E-state index is 14.3. The average molecular weight is 365 g/mol. The maximum absolute atomic E-state index is 14.3. The molecule has 3 nitrogen and oxygen atoms in total. The Hall–Kier alpha value is -1.51. The summed E-state index contributed by atoms with van der Waals surface area (Å²) in [6, 6.07) is 4.57. The van der Waals surface area contributed by atoms with Crippen LogP contribution >= 0.6 is 0 Å². The minimum Gasteiger partial charge on any atom is -0.353 e. The van der Waals surface area contributed by atoms with Gasteiger partial charge in [0.2, 0.25) is 0 Å². The molecule has 0 saturated heterocycles. The SMILES string of the molecule is CCCCCCCOC1(OC)CCC(c2ccc(C#N)c(F)c2F)CC1. The molecule has 1 aromatic rings. The lowest BCUT2D eigenvalue weighted by Gasteiger charge is -2.39. The highest BCUT2D eigenvalue weighted by Gasteiger charge is 2.37. The van der Waals surface area contributed by atoms with Crippen LogP contribution < -0.4 is 0 Å². The highest BCUT2D eigenvalue weighted by atomic mass is 19.2. The molecule has 0 spiro atoms. The summed E-state index contributed by atoms with van der Waals surface area (Å²) in [4.78, 5) is 0. The smallest absolute Gasteiger partial charge is 0.176 e. The molecular formula is C21H29F2NO2. The van der Waals surface area contributed by atoms with Crippen molar-refractivity contribution < 1.29 is 18.3 Å². The van der Waals surface area contributed by atoms with Crippen molar-refractivity contribution in [2.45, 2.75) is 76.4 Å². The Kier molecular flexibility index (Phi) is 7.99. The van der Waals surface area contributed by atoms with E-state index in [2.05, 4.69) is 6.92 Å². The van der Waals surface area contributed by atoms with Gasteiger partial charge in [0, 0.05) is 20.0 Å². The van der Waals surface area contributed by atoms with Crippen LogP contribution in [0, 0.1) is 23.0 Å². The topological polar surface area (TPSA) is 42.2 Å². The molecule has 1 aliphatic rings. The highest BCUT2D eigenvalue weighted by Crippen LogP contribution is 2.41. The number of methoxy groups -OCH3 is 1. The van der Waals surface area contributed by atoms with Crippen molar-refractivity contribution in [2.24, 2.45) is 0 Å². The minimum atomic E-state index is -1.04. The van der Waals surface area contributed by atoms with Crippen LogP contribution in [0.4, 0.5) is 8.78 Å². The van der Waals surface area contributed by atoms with Gasteiger partial charge < -0.3 is 9.47 Å². The number of nitriles is 1. The monoisotopic (exact) mass is 365 g/mol. The van der Waals surface area contributed by atoms with Crippen LogP contribution in [0.5, 0.6) is 0 Å². The molecule has 0 aromatic heterocycles. The van der Waals surface area contributed by atoms with Crippen molar-refractivity contribution in [1.29, 1.82) is 5.26 Å². The second-order valence-electron chi connectivity index (χ2n) is 7.09. The summed E-state index contributed by atoms with van der Waals surface area (Å²) in [7, 11) is 1.65. The average Bonchev–Trinajstić information content (AvgIpc) is 2.67. The van der Waals surface area contributed by atoms with E-state index in [0.717, 1.165) is 12.8 Å². The second-order valence-corrected chi connectivity index (χ2v) is 7.09. The third-order valence-electron chi connectivity index (χ3n) is 5.40. The summed E-state index contributed by atoms with van der Waals surface area (Å²) in [5, 5.41) is 8.81. The van der Waals surface area contributed by atoms with Crippen molar-refractivity contribution in [1.82, 2.24) is 0 Å². The van der Waals surface area contributed by atoms with Gasteiger partial charge in [-0.3, -0.25) is 0 Å². The summed E-state index contributed by atoms with van der Waals surface area (Å²) in [6.07, 6.45) is 8.54. The zero-order chi connectivity index (χ0) is 19.0. The summed E-state index contributed by atoms with van der Waals surface area (Å²) in [6.45, 7) is 2.86. The molecule has 5 heteroatoms. The summed E-state index contributed by atoms with van der Waals surface area (Å²) >= 11 is 0. The Balaban J connectivity index is 1.90. The molecule has 0 heterocycles. The molecule has 144 valence electrons. The summed E-state index contributed by atoms with van der Waals surface area (Å²) < 4.78 is 39.8. The van der Waals surface area contributed by atoms with E-state index < -0.39 is 17.4 Å². The molecule has 2 rings (SSSR count). The number of halogens is 2. The van der Waals surface area contributed by atoms with Crippen molar-refractivity contribution >= 4 is 0 Å². The number of ether oxygens (including phenoxy) is 2. The van der Waals surface area contributed by atoms with E-state index in [1.165, 1.54) is 31.4 Å². The first-order chi connectivity index (χ1) is 12.6. The number of unbranched alkanes of at least 4 members (excludes halogenated alkanes) is 4. The van der Waals surface area contributed by atoms with Gasteiger partial charge in [0.05, 0.1) is 12.2 Å². The van der Waals surface area contributed by atoms with Gasteiger partial charge in [0.25, 0.3) is 0 Å². The van der Waals surface area contributed by atoms with Crippen LogP contribution in [0.1, 0.15) is 81.8 Å². The fourth-order valence-corrected chi connectivity index (χ4v) is 3.71. The number of hydrogen-bond donors (Lipinski definition) is 0. The van der Waals surface area contributed by atoms with E-state index in [1.807, 2.05) is 0 Å². The van der Waals surface area contributed by atoms with Crippen LogP contribution in [-0.4, -0.2) is 19.5 Å². The Bertz CT molecular complexity index is 619. The molecule has 0 amide bonds. The largest absolute Gasteiger partial charge is 0.353 e. The molecule has 26 heavy (non-hydrogen) atoms. The summed E-state index contributed by atoms with van der Waals surface area (Å²) in [5.74, 6) is -2.62. The maximum Gasteiger partial charge on any atom is 0.176 e. The van der Waals surface area contributed by atoms with E-state index >= 15 is 0 Å². The zero-order valence-corrected chi connectivity index (χ0v) is 15.8. The van der Waals surface area contributed by atoms with Gasteiger partial charge in [-0.15, -0.1) is 0 Å². The molecule has 1 fully saturated rings. The standard InChI is InChI=1S/C21H29F2NO2/c1-3-4-5-6-7-14-26-21(25-2)12-10-16(11-13-21)18-9-8-17(15-24)19(22)20(18)23/h8-9,16H,3-7,10-14H2,1-2H3. The van der Waals surface area contributed by atoms with Crippen LogP contribution in [0.15, 0.2) is 12.1 Å². The quantitative estimate of drug-likeness (QED) is 0.409. The Morgan fingerprint density at radius 3 is 2.42 bits per heavy atom. The van der Waals surface area contributed by atoms with Gasteiger partial charge in [-0.05, 0) is 36.8 Å². The van der Waals surface area contributed by atoms with Gasteiger partial charge in [-0.25, -0.2) is 8.78 Å². The lowest BCUT2D eigenvalue weighted by atomic mass is 9.80. The number of nitrogens with zero attached hydrogens (tertiary/aromatic N) is 1. The first kappa shape index (κ1) is 20.8. The van der Waals surface area contributed by atoms with Crippen molar-refractivity contribution in [3.05, 3.63) is 34.9 Å². The number of hydrogen-bond acceptors (Lipinski definition) is 3. The second kappa shape index (κ2) is 9.99. The molecule has 0 unspecified atom stereocenters. The van der Waals surface area contributed by atoms with Crippen LogP contribution in [0.25, 0.3) is 0 Å². The van der Waals surface area contributed by atoms with E-state index in [1.54, 1.807) is 13.2 Å². The van der Waals surface area contributed by atoms with Crippen LogP contribution in [0.3, 0.4) is 0 Å². The fraction of sp³-hybridized carbons (Fsp3) is 0.667. The van der Waals surface area contributed by atoms with Gasteiger partial charge in [-0.2, -0.15) is 5.26 Å². The lowest BCUT2D eigenvalue weighted by molar-refractivity contribution is -0.240. The highest BCUT2D eigenvalue weighted by molar-refractivity contribution is 5.36. The van der Waals surface area contributed by atoms with E-state index in [0.29, 0.717) is 37.9 Å². The molecule has 0 bridgehead atoms. The van der Waals surface area contributed by atoms with Crippen molar-refractivity contribution in [3.63, 3.8) is 0 Å². The zero-order valence-electron chi connectivity index (χ0n) is 15.8. The molecule has 1 aromatic carbocycles. The molecule has 1 saturated carbocycles. The van der Waals surface area contributed by atoms with Crippen molar-refractivity contribution in [3.8, 4) is 6.07 Å².